The van der Waals surface area contributed by atoms with Gasteiger partial charge in [-0.15, -0.1) is 0 Å². The van der Waals surface area contributed by atoms with Crippen molar-refractivity contribution >= 4 is 17.6 Å². The topological polar surface area (TPSA) is 108 Å². The molecule has 2 N–H and O–H groups in total. The number of guanidine groups is 1. The molecule has 0 radical (unpaired) electrons. The van der Waals surface area contributed by atoms with Crippen LogP contribution in [0.4, 0.5) is 5.69 Å². The quantitative estimate of drug-likeness (QED) is 0.393. The number of carbonyl (C=O) groups excluding carboxylic acids is 1. The van der Waals surface area contributed by atoms with Gasteiger partial charge in [-0.05, 0) is 51.1 Å². The van der Waals surface area contributed by atoms with Crippen LogP contribution in [0.3, 0.4) is 0 Å². The van der Waals surface area contributed by atoms with Crippen molar-refractivity contribution in [3.63, 3.8) is 0 Å². The second kappa shape index (κ2) is 10.4. The van der Waals surface area contributed by atoms with Gasteiger partial charge >= 0.3 is 0 Å². The van der Waals surface area contributed by atoms with E-state index in [1.807, 2.05) is 31.5 Å². The van der Waals surface area contributed by atoms with Crippen LogP contribution in [0.5, 0.6) is 23.0 Å². The number of benzene rings is 2. The predicted octanol–water partition coefficient (Wildman–Crippen LogP) is 3.66. The highest BCUT2D eigenvalue weighted by Gasteiger charge is 2.18. The van der Waals surface area contributed by atoms with Crippen LogP contribution < -0.4 is 29.6 Å². The van der Waals surface area contributed by atoms with Gasteiger partial charge in [-0.1, -0.05) is 0 Å². The summed E-state index contributed by atoms with van der Waals surface area (Å²) in [5.41, 5.74) is 4.05. The lowest BCUT2D eigenvalue weighted by molar-refractivity contribution is 0.0976. The van der Waals surface area contributed by atoms with E-state index < -0.39 is 0 Å². The Morgan fingerprint density at radius 1 is 1.09 bits per heavy atom. The van der Waals surface area contributed by atoms with E-state index in [4.69, 9.17) is 18.9 Å². The number of anilines is 1. The van der Waals surface area contributed by atoms with E-state index >= 15 is 0 Å². The number of nitrogens with one attached hydrogen (secondary N) is 2. The molecule has 10 nitrogen and oxygen atoms in total. The van der Waals surface area contributed by atoms with Gasteiger partial charge in [-0.2, -0.15) is 5.10 Å². The Balaban J connectivity index is 1.61. The lowest BCUT2D eigenvalue weighted by Gasteiger charge is -2.14. The summed E-state index contributed by atoms with van der Waals surface area (Å²) in [5, 5.41) is 10.6. The van der Waals surface area contributed by atoms with E-state index in [-0.39, 0.29) is 18.7 Å². The summed E-state index contributed by atoms with van der Waals surface area (Å²) in [6, 6.07) is 10.4. The number of rotatable bonds is 7. The Labute approximate surface area is 203 Å². The van der Waals surface area contributed by atoms with Crippen LogP contribution >= 0.6 is 0 Å². The maximum absolute atomic E-state index is 13.1. The number of aliphatic imine (C=N–C) groups is 1. The highest BCUT2D eigenvalue weighted by atomic mass is 16.7. The lowest BCUT2D eigenvalue weighted by atomic mass is 10.2. The summed E-state index contributed by atoms with van der Waals surface area (Å²) in [7, 11) is 3.14. The predicted molar refractivity (Wildman–Crippen MR) is 132 cm³/mol. The summed E-state index contributed by atoms with van der Waals surface area (Å²) in [6.45, 7) is 7.26. The molecule has 0 aliphatic carbocycles. The summed E-state index contributed by atoms with van der Waals surface area (Å²) in [5.74, 6) is 2.23. The van der Waals surface area contributed by atoms with E-state index in [0.29, 0.717) is 40.8 Å². The summed E-state index contributed by atoms with van der Waals surface area (Å²) in [6.07, 6.45) is 0. The molecule has 184 valence electrons. The molecule has 4 rings (SSSR count). The van der Waals surface area contributed by atoms with Gasteiger partial charge in [-0.3, -0.25) is 14.8 Å². The van der Waals surface area contributed by atoms with Crippen molar-refractivity contribution in [1.82, 2.24) is 15.1 Å². The third-order valence-electron chi connectivity index (χ3n) is 5.74. The smallest absolute Gasteiger partial charge is 0.258 e. The van der Waals surface area contributed by atoms with Crippen molar-refractivity contribution in [2.24, 2.45) is 4.99 Å². The first-order valence-corrected chi connectivity index (χ1v) is 11.2. The maximum atomic E-state index is 13.1. The Morgan fingerprint density at radius 3 is 2.57 bits per heavy atom. The van der Waals surface area contributed by atoms with Gasteiger partial charge in [0, 0.05) is 35.1 Å². The van der Waals surface area contributed by atoms with Gasteiger partial charge < -0.3 is 24.3 Å². The monoisotopic (exact) mass is 479 g/mol. The van der Waals surface area contributed by atoms with Gasteiger partial charge in [0.05, 0.1) is 26.5 Å². The molecule has 1 aliphatic heterocycles. The van der Waals surface area contributed by atoms with Crippen LogP contribution in [-0.2, 0) is 13.1 Å². The zero-order valence-electron chi connectivity index (χ0n) is 20.5. The number of hydrogen-bond acceptors (Lipinski definition) is 7. The first-order valence-electron chi connectivity index (χ1n) is 11.2. The summed E-state index contributed by atoms with van der Waals surface area (Å²) < 4.78 is 23.4. The number of amides is 1. The molecule has 2 aromatic carbocycles. The van der Waals surface area contributed by atoms with Gasteiger partial charge in [0.1, 0.15) is 0 Å². The molecule has 1 aromatic heterocycles. The number of hydrogen-bond donors (Lipinski definition) is 2. The van der Waals surface area contributed by atoms with Crippen LogP contribution in [0.25, 0.3) is 0 Å². The molecule has 1 amide bonds. The van der Waals surface area contributed by atoms with Gasteiger partial charge in [0.2, 0.25) is 12.8 Å². The second-order valence-electron chi connectivity index (χ2n) is 7.85. The lowest BCUT2D eigenvalue weighted by Crippen LogP contribution is -2.36. The third kappa shape index (κ3) is 5.16. The Morgan fingerprint density at radius 2 is 1.86 bits per heavy atom. The van der Waals surface area contributed by atoms with Crippen LogP contribution in [-0.4, -0.2) is 42.7 Å². The minimum absolute atomic E-state index is 0.137. The number of ether oxygens (including phenoxy) is 4. The fourth-order valence-electron chi connectivity index (χ4n) is 3.81. The van der Waals surface area contributed by atoms with Gasteiger partial charge in [0.25, 0.3) is 5.91 Å². The average Bonchev–Trinajstić information content (AvgIpc) is 3.45. The van der Waals surface area contributed by atoms with E-state index in [2.05, 4.69) is 20.7 Å². The molecule has 35 heavy (non-hydrogen) atoms. The fourth-order valence-corrected chi connectivity index (χ4v) is 3.81. The van der Waals surface area contributed by atoms with Crippen LogP contribution in [0.15, 0.2) is 41.4 Å². The van der Waals surface area contributed by atoms with Crippen molar-refractivity contribution in [3.8, 4) is 23.0 Å². The third-order valence-corrected chi connectivity index (χ3v) is 5.74. The molecule has 0 fully saturated rings. The normalized spacial score (nSPS) is 12.4. The zero-order valence-corrected chi connectivity index (χ0v) is 20.5. The Bertz CT molecular complexity index is 1270. The second-order valence-corrected chi connectivity index (χ2v) is 7.85. The van der Waals surface area contributed by atoms with Crippen molar-refractivity contribution < 1.29 is 23.7 Å². The molecule has 0 saturated heterocycles. The minimum atomic E-state index is -0.340. The standard InChI is InChI=1S/C25H29N5O5/c1-6-30-16(3)19(15(2)29-30)13-26-25(27-18-8-10-20(32-4)22(12-18)33-5)28-24(31)17-7-9-21-23(11-17)35-14-34-21/h7-12H,6,13-14H2,1-5H3,(H2,26,27,28,31). The molecule has 10 heteroatoms. The number of nitrogens with zero attached hydrogens (tertiary/aromatic N) is 3. The van der Waals surface area contributed by atoms with Crippen molar-refractivity contribution in [1.29, 1.82) is 0 Å². The molecule has 0 saturated carbocycles. The molecular formula is C25H29N5O5. The summed E-state index contributed by atoms with van der Waals surface area (Å²) in [4.78, 5) is 17.8. The number of methoxy groups -OCH3 is 2. The molecule has 0 spiro atoms. The number of fused-ring (bicyclic) bond motifs is 1. The first-order chi connectivity index (χ1) is 16.9. The average molecular weight is 480 g/mol. The molecular weight excluding hydrogens is 450 g/mol. The van der Waals surface area contributed by atoms with E-state index in [1.54, 1.807) is 44.6 Å². The molecule has 1 aliphatic rings. The fraction of sp³-hybridized carbons (Fsp3) is 0.320. The molecule has 3 aromatic rings. The minimum Gasteiger partial charge on any atom is -0.493 e. The number of aryl methyl sites for hydroxylation is 2. The van der Waals surface area contributed by atoms with Crippen LogP contribution in [0, 0.1) is 13.8 Å². The molecule has 0 bridgehead atoms. The van der Waals surface area contributed by atoms with Crippen molar-refractivity contribution in [2.75, 3.05) is 26.3 Å². The highest BCUT2D eigenvalue weighted by Crippen LogP contribution is 2.32. The van der Waals surface area contributed by atoms with Gasteiger partial charge in [-0.25, -0.2) is 4.99 Å². The van der Waals surface area contributed by atoms with E-state index in [0.717, 1.165) is 23.5 Å². The highest BCUT2D eigenvalue weighted by molar-refractivity contribution is 6.10. The Kier molecular flexibility index (Phi) is 7.09. The van der Waals surface area contributed by atoms with E-state index in [1.165, 1.54) is 0 Å². The largest absolute Gasteiger partial charge is 0.493 e. The maximum Gasteiger partial charge on any atom is 0.258 e. The first kappa shape index (κ1) is 23.9. The van der Waals surface area contributed by atoms with Gasteiger partial charge in [0.15, 0.2) is 23.0 Å². The van der Waals surface area contributed by atoms with Crippen molar-refractivity contribution in [2.45, 2.75) is 33.9 Å². The number of carbonyl (C=O) groups is 1. The Hall–Kier alpha value is -4.21. The van der Waals surface area contributed by atoms with Crippen LogP contribution in [0.2, 0.25) is 0 Å². The molecule has 0 atom stereocenters. The van der Waals surface area contributed by atoms with E-state index in [9.17, 15) is 4.79 Å². The van der Waals surface area contributed by atoms with Crippen molar-refractivity contribution in [3.05, 3.63) is 58.9 Å². The van der Waals surface area contributed by atoms with Crippen LogP contribution in [0.1, 0.15) is 34.2 Å². The zero-order chi connectivity index (χ0) is 24.9. The molecule has 2 heterocycles. The summed E-state index contributed by atoms with van der Waals surface area (Å²) >= 11 is 0. The molecule has 0 unspecified atom stereocenters. The SMILES string of the molecule is CCn1nc(C)c(CN=C(NC(=O)c2ccc3c(c2)OCO3)Nc2ccc(OC)c(OC)c2)c1C. The number of aromatic nitrogens is 2.